The monoisotopic (exact) mass is 296 g/mol. The lowest BCUT2D eigenvalue weighted by Crippen LogP contribution is -2.62. The minimum absolute atomic E-state index is 0.0472. The predicted octanol–water partition coefficient (Wildman–Crippen LogP) is 2.16. The molecule has 2 heterocycles. The number of hydrogen-bond donors (Lipinski definition) is 1. The normalized spacial score (nSPS) is 32.4. The number of hydrogen-bond acceptors (Lipinski definition) is 4. The zero-order valence-corrected chi connectivity index (χ0v) is 13.8. The second-order valence-corrected chi connectivity index (χ2v) is 7.77. The first-order valence-corrected chi connectivity index (χ1v) is 8.76. The lowest BCUT2D eigenvalue weighted by Gasteiger charge is -2.49. The molecule has 0 aromatic carbocycles. The van der Waals surface area contributed by atoms with E-state index in [0.29, 0.717) is 5.92 Å². The molecule has 0 aromatic heterocycles. The van der Waals surface area contributed by atoms with Gasteiger partial charge in [0.25, 0.3) is 0 Å². The van der Waals surface area contributed by atoms with Crippen LogP contribution in [0, 0.1) is 5.92 Å². The molecule has 4 nitrogen and oxygen atoms in total. The first kappa shape index (κ1) is 15.7. The van der Waals surface area contributed by atoms with Crippen molar-refractivity contribution in [3.8, 4) is 0 Å². The highest BCUT2D eigenvalue weighted by molar-refractivity contribution is 5.01. The van der Waals surface area contributed by atoms with Crippen molar-refractivity contribution in [2.75, 3.05) is 32.9 Å². The van der Waals surface area contributed by atoms with Crippen molar-refractivity contribution >= 4 is 0 Å². The van der Waals surface area contributed by atoms with E-state index < -0.39 is 0 Å². The average Bonchev–Trinajstić information content (AvgIpc) is 2.95. The van der Waals surface area contributed by atoms with Crippen molar-refractivity contribution in [2.24, 2.45) is 11.7 Å². The third kappa shape index (κ3) is 3.14. The summed E-state index contributed by atoms with van der Waals surface area (Å²) in [5, 5.41) is 0. The fourth-order valence-electron chi connectivity index (χ4n) is 4.67. The Morgan fingerprint density at radius 3 is 2.48 bits per heavy atom. The molecule has 122 valence electrons. The van der Waals surface area contributed by atoms with Gasteiger partial charge in [-0.05, 0) is 45.4 Å². The Hall–Kier alpha value is -0.160. The zero-order valence-electron chi connectivity index (χ0n) is 13.8. The summed E-state index contributed by atoms with van der Waals surface area (Å²) in [6.07, 6.45) is 7.44. The van der Waals surface area contributed by atoms with E-state index in [4.69, 9.17) is 15.2 Å². The van der Waals surface area contributed by atoms with Gasteiger partial charge in [0, 0.05) is 31.3 Å². The van der Waals surface area contributed by atoms with E-state index in [1.165, 1.54) is 32.1 Å². The zero-order chi connectivity index (χ0) is 14.9. The Bertz CT molecular complexity index is 347. The number of morpholine rings is 1. The van der Waals surface area contributed by atoms with E-state index >= 15 is 0 Å². The summed E-state index contributed by atoms with van der Waals surface area (Å²) in [6, 6.07) is 0.219. The molecule has 0 bridgehead atoms. The minimum atomic E-state index is 0.0472. The predicted molar refractivity (Wildman–Crippen MR) is 84.3 cm³/mol. The van der Waals surface area contributed by atoms with Crippen molar-refractivity contribution in [1.82, 2.24) is 4.90 Å². The molecule has 2 N–H and O–H groups in total. The summed E-state index contributed by atoms with van der Waals surface area (Å²) >= 11 is 0. The van der Waals surface area contributed by atoms with Crippen LogP contribution in [0.15, 0.2) is 0 Å². The van der Waals surface area contributed by atoms with Crippen LogP contribution < -0.4 is 5.73 Å². The Kier molecular flexibility index (Phi) is 4.60. The van der Waals surface area contributed by atoms with E-state index in [9.17, 15) is 0 Å². The maximum absolute atomic E-state index is 6.77. The van der Waals surface area contributed by atoms with Crippen LogP contribution in [0.5, 0.6) is 0 Å². The van der Waals surface area contributed by atoms with Gasteiger partial charge in [0.2, 0.25) is 0 Å². The highest BCUT2D eigenvalue weighted by Gasteiger charge is 2.45. The highest BCUT2D eigenvalue weighted by atomic mass is 16.5. The summed E-state index contributed by atoms with van der Waals surface area (Å²) in [5.74, 6) is 0.592. The van der Waals surface area contributed by atoms with Gasteiger partial charge in [0.15, 0.2) is 0 Å². The van der Waals surface area contributed by atoms with Gasteiger partial charge >= 0.3 is 0 Å². The van der Waals surface area contributed by atoms with Gasteiger partial charge in [-0.25, -0.2) is 0 Å². The van der Waals surface area contributed by atoms with E-state index in [1.54, 1.807) is 0 Å². The number of ether oxygens (including phenoxy) is 2. The van der Waals surface area contributed by atoms with Crippen LogP contribution in [-0.4, -0.2) is 55.0 Å². The third-order valence-corrected chi connectivity index (χ3v) is 6.20. The second-order valence-electron chi connectivity index (χ2n) is 7.77. The van der Waals surface area contributed by atoms with Crippen LogP contribution in [0.2, 0.25) is 0 Å². The summed E-state index contributed by atoms with van der Waals surface area (Å²) in [5.41, 5.74) is 6.99. The Labute approximate surface area is 129 Å². The van der Waals surface area contributed by atoms with E-state index in [2.05, 4.69) is 18.7 Å². The molecule has 2 saturated heterocycles. The fourth-order valence-corrected chi connectivity index (χ4v) is 4.67. The van der Waals surface area contributed by atoms with Gasteiger partial charge in [0.1, 0.15) is 0 Å². The summed E-state index contributed by atoms with van der Waals surface area (Å²) in [6.45, 7) is 9.24. The molecule has 0 radical (unpaired) electrons. The van der Waals surface area contributed by atoms with Crippen LogP contribution in [0.1, 0.15) is 52.4 Å². The molecule has 1 aliphatic carbocycles. The first-order valence-electron chi connectivity index (χ1n) is 8.76. The maximum atomic E-state index is 6.77. The number of nitrogens with zero attached hydrogens (tertiary/aromatic N) is 1. The molecule has 2 aliphatic heterocycles. The quantitative estimate of drug-likeness (QED) is 0.867. The smallest absolute Gasteiger partial charge is 0.0685 e. The van der Waals surface area contributed by atoms with Gasteiger partial charge in [-0.15, -0.1) is 0 Å². The lowest BCUT2D eigenvalue weighted by atomic mass is 9.74. The van der Waals surface area contributed by atoms with Gasteiger partial charge in [-0.3, -0.25) is 4.90 Å². The lowest BCUT2D eigenvalue weighted by molar-refractivity contribution is -0.108. The van der Waals surface area contributed by atoms with Crippen molar-refractivity contribution in [1.29, 1.82) is 0 Å². The maximum Gasteiger partial charge on any atom is 0.0685 e. The van der Waals surface area contributed by atoms with Crippen LogP contribution in [0.25, 0.3) is 0 Å². The molecule has 21 heavy (non-hydrogen) atoms. The first-order chi connectivity index (χ1) is 10.0. The van der Waals surface area contributed by atoms with Crippen molar-refractivity contribution in [3.63, 3.8) is 0 Å². The van der Waals surface area contributed by atoms with E-state index in [1.807, 2.05) is 0 Å². The molecule has 0 aromatic rings. The average molecular weight is 296 g/mol. The molecule has 3 fully saturated rings. The van der Waals surface area contributed by atoms with Gasteiger partial charge < -0.3 is 15.2 Å². The van der Waals surface area contributed by atoms with Crippen molar-refractivity contribution in [2.45, 2.75) is 69.6 Å². The molecule has 3 rings (SSSR count). The van der Waals surface area contributed by atoms with E-state index in [0.717, 1.165) is 39.3 Å². The fraction of sp³-hybridized carbons (Fsp3) is 1.00. The SMILES string of the molecule is CC(C)(C(N)C1CCOC2(CCCC2)C1)N1CCOCC1. The molecular weight excluding hydrogens is 264 g/mol. The van der Waals surface area contributed by atoms with Crippen molar-refractivity contribution < 1.29 is 9.47 Å². The summed E-state index contributed by atoms with van der Waals surface area (Å²) in [4.78, 5) is 2.53. The standard InChI is InChI=1S/C17H32N2O2/c1-16(2,19-8-11-20-12-9-19)15(18)14-5-10-21-17(13-14)6-3-4-7-17/h14-15H,3-13,18H2,1-2H3. The molecule has 2 atom stereocenters. The van der Waals surface area contributed by atoms with Gasteiger partial charge in [-0.2, -0.15) is 0 Å². The second kappa shape index (κ2) is 6.15. The molecule has 3 aliphatic rings. The highest BCUT2D eigenvalue weighted by Crippen LogP contribution is 2.44. The Morgan fingerprint density at radius 2 is 1.81 bits per heavy atom. The molecule has 1 spiro atoms. The van der Waals surface area contributed by atoms with Crippen LogP contribution in [0.3, 0.4) is 0 Å². The summed E-state index contributed by atoms with van der Waals surface area (Å²) in [7, 11) is 0. The topological polar surface area (TPSA) is 47.7 Å². The molecule has 2 unspecified atom stereocenters. The summed E-state index contributed by atoms with van der Waals surface area (Å²) < 4.78 is 11.7. The number of rotatable bonds is 3. The number of nitrogens with two attached hydrogens (primary N) is 1. The third-order valence-electron chi connectivity index (χ3n) is 6.20. The largest absolute Gasteiger partial charge is 0.379 e. The molecule has 4 heteroatoms. The molecule has 0 amide bonds. The Morgan fingerprint density at radius 1 is 1.14 bits per heavy atom. The molecular formula is C17H32N2O2. The van der Waals surface area contributed by atoms with Gasteiger partial charge in [-0.1, -0.05) is 12.8 Å². The molecule has 1 saturated carbocycles. The minimum Gasteiger partial charge on any atom is -0.379 e. The van der Waals surface area contributed by atoms with Crippen molar-refractivity contribution in [3.05, 3.63) is 0 Å². The van der Waals surface area contributed by atoms with Gasteiger partial charge in [0.05, 0.1) is 18.8 Å². The Balaban J connectivity index is 1.66. The van der Waals surface area contributed by atoms with Crippen LogP contribution >= 0.6 is 0 Å². The van der Waals surface area contributed by atoms with Crippen LogP contribution in [-0.2, 0) is 9.47 Å². The van der Waals surface area contributed by atoms with E-state index in [-0.39, 0.29) is 17.2 Å². The van der Waals surface area contributed by atoms with Crippen LogP contribution in [0.4, 0.5) is 0 Å².